The van der Waals surface area contributed by atoms with E-state index < -0.39 is 5.91 Å². The van der Waals surface area contributed by atoms with E-state index in [0.717, 1.165) is 22.4 Å². The number of hydrogen-bond donors (Lipinski definition) is 2. The third-order valence-electron chi connectivity index (χ3n) is 6.99. The summed E-state index contributed by atoms with van der Waals surface area (Å²) in [4.78, 5) is 32.1. The van der Waals surface area contributed by atoms with E-state index in [-0.39, 0.29) is 35.3 Å². The van der Waals surface area contributed by atoms with Crippen molar-refractivity contribution in [2.75, 3.05) is 12.1 Å². The molecule has 0 fully saturated rings. The molecule has 0 atom stereocenters. The van der Waals surface area contributed by atoms with Gasteiger partial charge in [0.25, 0.3) is 11.5 Å². The Morgan fingerprint density at radius 3 is 2.72 bits per heavy atom. The second-order valence-corrected chi connectivity index (χ2v) is 12.0. The van der Waals surface area contributed by atoms with Crippen LogP contribution in [-0.2, 0) is 12.3 Å². The lowest BCUT2D eigenvalue weighted by molar-refractivity contribution is 0.102. The Kier molecular flexibility index (Phi) is 6.87. The Bertz CT molecular complexity index is 2160. The summed E-state index contributed by atoms with van der Waals surface area (Å²) in [5, 5.41) is 20.7. The second-order valence-electron chi connectivity index (χ2n) is 9.82. The van der Waals surface area contributed by atoms with Crippen LogP contribution in [0.2, 0.25) is 0 Å². The summed E-state index contributed by atoms with van der Waals surface area (Å²) >= 11 is 2.77. The molecule has 5 heterocycles. The summed E-state index contributed by atoms with van der Waals surface area (Å²) in [7, 11) is 0. The van der Waals surface area contributed by atoms with E-state index in [1.165, 1.54) is 33.6 Å². The van der Waals surface area contributed by atoms with Crippen LogP contribution in [0.4, 0.5) is 5.13 Å². The number of hydrogen-bond acceptors (Lipinski definition) is 10. The van der Waals surface area contributed by atoms with Crippen molar-refractivity contribution in [3.05, 3.63) is 111 Å². The number of nitrogens with one attached hydrogen (secondary N) is 2. The molecule has 4 aromatic heterocycles. The summed E-state index contributed by atoms with van der Waals surface area (Å²) in [6.45, 7) is 2.17. The number of thioether (sulfide) groups is 1. The standard InChI is InChI=1S/C30H23N7O4S2/c1-17-6-5-11-36-25(17)32-26-21(28(36)39)13-20(24(31)37(26)14-19-9-10-22-23(12-19)41-16-40-22)27(38)33-29-34-35-30(43-29)42-15-18-7-3-2-4-8-18/h2-13,31H,14-16H2,1H3,(H,33,34,38). The van der Waals surface area contributed by atoms with Gasteiger partial charge in [-0.3, -0.25) is 24.7 Å². The highest BCUT2D eigenvalue weighted by molar-refractivity contribution is 8.00. The fraction of sp³-hybridized carbons (Fsp3) is 0.133. The van der Waals surface area contributed by atoms with E-state index >= 15 is 0 Å². The molecule has 1 aliphatic heterocycles. The first-order valence-electron chi connectivity index (χ1n) is 13.2. The van der Waals surface area contributed by atoms with Gasteiger partial charge in [0.2, 0.25) is 11.9 Å². The number of nitrogens with zero attached hydrogens (tertiary/aromatic N) is 5. The number of aryl methyl sites for hydroxylation is 1. The predicted molar refractivity (Wildman–Crippen MR) is 163 cm³/mol. The maximum absolute atomic E-state index is 13.7. The average Bonchev–Trinajstić information content (AvgIpc) is 3.68. The van der Waals surface area contributed by atoms with Crippen molar-refractivity contribution < 1.29 is 14.3 Å². The molecule has 2 aromatic carbocycles. The molecule has 0 saturated carbocycles. The van der Waals surface area contributed by atoms with Gasteiger partial charge in [0.1, 0.15) is 16.8 Å². The molecular formula is C30H23N7O4S2. The van der Waals surface area contributed by atoms with Crippen LogP contribution < -0.4 is 25.8 Å². The minimum absolute atomic E-state index is 0.00781. The molecule has 2 N–H and O–H groups in total. The first-order valence-corrected chi connectivity index (χ1v) is 15.0. The highest BCUT2D eigenvalue weighted by Crippen LogP contribution is 2.33. The molecule has 214 valence electrons. The SMILES string of the molecule is Cc1cccn2c(=O)c3cc(C(=O)Nc4nnc(SCc5ccccc5)s4)c(=N)n(Cc4ccc5c(c4)OCO5)c3nc12. The molecule has 11 nitrogen and oxygen atoms in total. The Labute approximate surface area is 252 Å². The van der Waals surface area contributed by atoms with Crippen LogP contribution >= 0.6 is 23.1 Å². The van der Waals surface area contributed by atoms with Crippen LogP contribution in [0.5, 0.6) is 11.5 Å². The Morgan fingerprint density at radius 1 is 1.02 bits per heavy atom. The molecule has 0 radical (unpaired) electrons. The van der Waals surface area contributed by atoms with Crippen LogP contribution in [0, 0.1) is 12.3 Å². The van der Waals surface area contributed by atoms with E-state index in [2.05, 4.69) is 15.5 Å². The Hall–Kier alpha value is -5.01. The van der Waals surface area contributed by atoms with Gasteiger partial charge in [-0.15, -0.1) is 10.2 Å². The predicted octanol–water partition coefficient (Wildman–Crippen LogP) is 4.61. The number of pyridine rings is 2. The van der Waals surface area contributed by atoms with Gasteiger partial charge < -0.3 is 14.0 Å². The Morgan fingerprint density at radius 2 is 1.86 bits per heavy atom. The smallest absolute Gasteiger partial charge is 0.267 e. The summed E-state index contributed by atoms with van der Waals surface area (Å²) in [5.41, 5.74) is 3.09. The number of aromatic nitrogens is 5. The maximum Gasteiger partial charge on any atom is 0.267 e. The average molecular weight is 610 g/mol. The van der Waals surface area contributed by atoms with Gasteiger partial charge in [0.05, 0.1) is 17.5 Å². The summed E-state index contributed by atoms with van der Waals surface area (Å²) in [6, 6.07) is 20.5. The largest absolute Gasteiger partial charge is 0.454 e. The molecule has 0 saturated heterocycles. The van der Waals surface area contributed by atoms with Crippen molar-refractivity contribution in [1.82, 2.24) is 24.1 Å². The minimum atomic E-state index is -0.573. The normalized spacial score (nSPS) is 12.2. The lowest BCUT2D eigenvalue weighted by Crippen LogP contribution is -2.32. The highest BCUT2D eigenvalue weighted by atomic mass is 32.2. The molecule has 43 heavy (non-hydrogen) atoms. The van der Waals surface area contributed by atoms with E-state index in [0.29, 0.717) is 32.3 Å². The number of anilines is 1. The number of carbonyl (C=O) groups is 1. The molecule has 0 aliphatic carbocycles. The lowest BCUT2D eigenvalue weighted by atomic mass is 10.1. The molecule has 0 unspecified atom stereocenters. The molecule has 13 heteroatoms. The second kappa shape index (κ2) is 11.0. The third-order valence-corrected chi connectivity index (χ3v) is 9.03. The number of fused-ring (bicyclic) bond motifs is 3. The van der Waals surface area contributed by atoms with E-state index in [1.54, 1.807) is 22.9 Å². The van der Waals surface area contributed by atoms with E-state index in [4.69, 9.17) is 19.9 Å². The zero-order valence-corrected chi connectivity index (χ0v) is 24.4. The number of benzene rings is 2. The molecule has 1 amide bonds. The molecule has 7 rings (SSSR count). The van der Waals surface area contributed by atoms with Gasteiger partial charge in [-0.1, -0.05) is 65.6 Å². The lowest BCUT2D eigenvalue weighted by Gasteiger charge is -2.15. The zero-order valence-electron chi connectivity index (χ0n) is 22.7. The van der Waals surface area contributed by atoms with Crippen LogP contribution in [0.1, 0.15) is 27.0 Å². The van der Waals surface area contributed by atoms with Crippen molar-refractivity contribution in [2.24, 2.45) is 0 Å². The van der Waals surface area contributed by atoms with Gasteiger partial charge in [-0.25, -0.2) is 4.98 Å². The van der Waals surface area contributed by atoms with Crippen LogP contribution in [0.15, 0.2) is 82.1 Å². The van der Waals surface area contributed by atoms with Crippen LogP contribution in [0.3, 0.4) is 0 Å². The van der Waals surface area contributed by atoms with Crippen LogP contribution in [0.25, 0.3) is 16.7 Å². The molecule has 0 spiro atoms. The van der Waals surface area contributed by atoms with Crippen molar-refractivity contribution in [1.29, 1.82) is 5.41 Å². The van der Waals surface area contributed by atoms with Crippen molar-refractivity contribution in [2.45, 2.75) is 23.6 Å². The summed E-state index contributed by atoms with van der Waals surface area (Å²) < 4.78 is 14.7. The summed E-state index contributed by atoms with van der Waals surface area (Å²) in [6.07, 6.45) is 1.64. The fourth-order valence-electron chi connectivity index (χ4n) is 4.85. The van der Waals surface area contributed by atoms with Gasteiger partial charge in [-0.05, 0) is 47.9 Å². The number of rotatable bonds is 7. The minimum Gasteiger partial charge on any atom is -0.454 e. The number of ether oxygens (including phenoxy) is 2. The molecular weight excluding hydrogens is 587 g/mol. The zero-order chi connectivity index (χ0) is 29.5. The third kappa shape index (κ3) is 5.13. The van der Waals surface area contributed by atoms with Crippen molar-refractivity contribution in [3.8, 4) is 11.5 Å². The van der Waals surface area contributed by atoms with Crippen LogP contribution in [-0.4, -0.2) is 36.8 Å². The first kappa shape index (κ1) is 26.9. The fourth-order valence-corrected chi connectivity index (χ4v) is 6.55. The molecule has 6 aromatic rings. The van der Waals surface area contributed by atoms with E-state index in [9.17, 15) is 9.59 Å². The van der Waals surface area contributed by atoms with Gasteiger partial charge >= 0.3 is 0 Å². The number of amides is 1. The monoisotopic (exact) mass is 609 g/mol. The highest BCUT2D eigenvalue weighted by Gasteiger charge is 2.21. The van der Waals surface area contributed by atoms with Crippen molar-refractivity contribution in [3.63, 3.8) is 0 Å². The van der Waals surface area contributed by atoms with Gasteiger partial charge in [0, 0.05) is 11.9 Å². The quantitative estimate of drug-likeness (QED) is 0.152. The first-order chi connectivity index (χ1) is 20.9. The topological polar surface area (TPSA) is 136 Å². The maximum atomic E-state index is 13.7. The molecule has 1 aliphatic rings. The number of carbonyl (C=O) groups excluding carboxylic acids is 1. The Balaban J connectivity index is 1.27. The van der Waals surface area contributed by atoms with Gasteiger partial charge in [-0.2, -0.15) is 0 Å². The summed E-state index contributed by atoms with van der Waals surface area (Å²) in [5.74, 6) is 1.37. The van der Waals surface area contributed by atoms with Crippen molar-refractivity contribution >= 4 is 50.8 Å². The molecule has 0 bridgehead atoms. The van der Waals surface area contributed by atoms with E-state index in [1.807, 2.05) is 55.5 Å². The van der Waals surface area contributed by atoms with Gasteiger partial charge in [0.15, 0.2) is 15.8 Å².